The van der Waals surface area contributed by atoms with Gasteiger partial charge in [0.25, 0.3) is 0 Å². The second kappa shape index (κ2) is 11.8. The van der Waals surface area contributed by atoms with E-state index in [-0.39, 0.29) is 0 Å². The lowest BCUT2D eigenvalue weighted by molar-refractivity contribution is 0.187. The van der Waals surface area contributed by atoms with Gasteiger partial charge >= 0.3 is 8.56 Å². The van der Waals surface area contributed by atoms with Crippen LogP contribution >= 0.6 is 0 Å². The third-order valence-electron chi connectivity index (χ3n) is 5.78. The summed E-state index contributed by atoms with van der Waals surface area (Å²) in [6.45, 7) is 23.6. The Bertz CT molecular complexity index is 295. The molecule has 0 fully saturated rings. The summed E-state index contributed by atoms with van der Waals surface area (Å²) in [4.78, 5) is 0. The summed E-state index contributed by atoms with van der Waals surface area (Å²) in [7, 11) is -3.22. The molecule has 24 heavy (non-hydrogen) atoms. The highest BCUT2D eigenvalue weighted by molar-refractivity contribution is 6.83. The van der Waals surface area contributed by atoms with Crippen LogP contribution in [0.1, 0.15) is 68.2 Å². The van der Waals surface area contributed by atoms with Crippen molar-refractivity contribution in [3.8, 4) is 0 Å². The van der Waals surface area contributed by atoms with E-state index in [0.29, 0.717) is 0 Å². The second-order valence-electron chi connectivity index (χ2n) is 8.21. The molecule has 0 heterocycles. The Kier molecular flexibility index (Phi) is 12.0. The molecule has 0 aromatic heterocycles. The van der Waals surface area contributed by atoms with Crippen LogP contribution in [0.3, 0.4) is 0 Å². The zero-order chi connectivity index (χ0) is 18.8. The summed E-state index contributed by atoms with van der Waals surface area (Å²) in [6.07, 6.45) is 3.52. The van der Waals surface area contributed by atoms with Crippen molar-refractivity contribution >= 4 is 16.6 Å². The molecule has 0 aliphatic heterocycles. The summed E-state index contributed by atoms with van der Waals surface area (Å²) in [5.41, 5.74) is 2.62. The molecule has 3 nitrogen and oxygen atoms in total. The molecule has 146 valence electrons. The Hall–Kier alpha value is 0.314. The highest BCUT2D eigenvalue weighted by atomic mass is 28.4. The third kappa shape index (κ3) is 7.28. The molecule has 0 unspecified atom stereocenters. The van der Waals surface area contributed by atoms with E-state index >= 15 is 0 Å². The van der Waals surface area contributed by atoms with Crippen LogP contribution in [0.25, 0.3) is 0 Å². The molecule has 5 heteroatoms. The number of rotatable bonds is 14. The van der Waals surface area contributed by atoms with Gasteiger partial charge in [0.15, 0.2) is 0 Å². The predicted molar refractivity (Wildman–Crippen MR) is 113 cm³/mol. The topological polar surface area (TPSA) is 30.5 Å². The van der Waals surface area contributed by atoms with Gasteiger partial charge in [-0.1, -0.05) is 70.6 Å². The zero-order valence-electron chi connectivity index (χ0n) is 18.0. The molecule has 0 radical (unpaired) electrons. The molecule has 0 amide bonds. The van der Waals surface area contributed by atoms with Crippen LogP contribution in [0.2, 0.25) is 29.2 Å². The van der Waals surface area contributed by atoms with Gasteiger partial charge in [-0.3, -0.25) is 0 Å². The molecular formula is C19H45NO2Si2. The first-order chi connectivity index (χ1) is 11.2. The first-order valence-corrected chi connectivity index (χ1v) is 15.1. The summed E-state index contributed by atoms with van der Waals surface area (Å²) in [6, 6.07) is 1.47. The first kappa shape index (κ1) is 24.3. The van der Waals surface area contributed by atoms with E-state index in [0.717, 1.165) is 42.6 Å². The first-order valence-electron chi connectivity index (χ1n) is 10.1. The van der Waals surface area contributed by atoms with Crippen molar-refractivity contribution in [1.29, 1.82) is 0 Å². The summed E-state index contributed by atoms with van der Waals surface area (Å²) in [5.74, 6) is 0. The van der Waals surface area contributed by atoms with Crippen molar-refractivity contribution < 1.29 is 8.85 Å². The van der Waals surface area contributed by atoms with Crippen LogP contribution in [0.4, 0.5) is 0 Å². The smallest absolute Gasteiger partial charge is 0.349 e. The molecule has 0 aromatic rings. The van der Waals surface area contributed by atoms with E-state index in [2.05, 4.69) is 67.3 Å². The van der Waals surface area contributed by atoms with Crippen molar-refractivity contribution in [2.75, 3.05) is 25.9 Å². The van der Waals surface area contributed by atoms with Crippen LogP contribution < -0.4 is 5.32 Å². The van der Waals surface area contributed by atoms with E-state index in [9.17, 15) is 0 Å². The van der Waals surface area contributed by atoms with Crippen molar-refractivity contribution in [1.82, 2.24) is 5.32 Å². The molecular weight excluding hydrogens is 330 g/mol. The quantitative estimate of drug-likeness (QED) is 0.311. The zero-order valence-corrected chi connectivity index (χ0v) is 20.0. The fourth-order valence-electron chi connectivity index (χ4n) is 4.62. The molecule has 0 atom stereocenters. The fraction of sp³-hybridized carbons (Fsp3) is 1.00. The van der Waals surface area contributed by atoms with Crippen LogP contribution in [0.15, 0.2) is 0 Å². The van der Waals surface area contributed by atoms with Crippen molar-refractivity contribution in [3.05, 3.63) is 0 Å². The summed E-state index contributed by atoms with van der Waals surface area (Å²) < 4.78 is 11.8. The van der Waals surface area contributed by atoms with Crippen LogP contribution in [-0.2, 0) is 8.85 Å². The Morgan fingerprint density at radius 1 is 0.792 bits per heavy atom. The van der Waals surface area contributed by atoms with Gasteiger partial charge in [0.2, 0.25) is 0 Å². The van der Waals surface area contributed by atoms with E-state index in [1.165, 1.54) is 18.9 Å². The molecule has 0 aromatic carbocycles. The maximum absolute atomic E-state index is 5.89. The Morgan fingerprint density at radius 2 is 1.25 bits per heavy atom. The summed E-state index contributed by atoms with van der Waals surface area (Å²) >= 11 is 0. The number of nitrogens with one attached hydrogen (secondary N) is 1. The Labute approximate surface area is 154 Å². The van der Waals surface area contributed by atoms with E-state index in [4.69, 9.17) is 8.85 Å². The maximum atomic E-state index is 5.89. The van der Waals surface area contributed by atoms with Gasteiger partial charge in [0, 0.05) is 19.4 Å². The Balaban J connectivity index is 4.32. The van der Waals surface area contributed by atoms with Crippen molar-refractivity contribution in [3.63, 3.8) is 0 Å². The number of hydrogen-bond acceptors (Lipinski definition) is 3. The van der Waals surface area contributed by atoms with Crippen LogP contribution in [0.5, 0.6) is 0 Å². The molecule has 0 aliphatic carbocycles. The third-order valence-corrected chi connectivity index (χ3v) is 16.1. The Morgan fingerprint density at radius 3 is 1.62 bits per heavy atom. The molecule has 0 aliphatic rings. The molecule has 0 rings (SSSR count). The number of unbranched alkanes of at least 4 members (excludes halogenated alkanes) is 1. The van der Waals surface area contributed by atoms with Gasteiger partial charge in [0.05, 0.1) is 8.07 Å². The van der Waals surface area contributed by atoms with Gasteiger partial charge in [-0.15, -0.1) is 0 Å². The molecule has 0 saturated carbocycles. The SMILES string of the molecule is CCO[Si](C)(CNCCCC[Si](C(C)C)(C(C)C)C(C)C)OCC. The van der Waals surface area contributed by atoms with Gasteiger partial charge in [-0.2, -0.15) is 0 Å². The van der Waals surface area contributed by atoms with Crippen molar-refractivity contribution in [2.45, 2.75) is 97.4 Å². The van der Waals surface area contributed by atoms with Gasteiger partial charge in [0.1, 0.15) is 0 Å². The highest BCUT2D eigenvalue weighted by Crippen LogP contribution is 2.45. The van der Waals surface area contributed by atoms with E-state index in [1.54, 1.807) is 0 Å². The lowest BCUT2D eigenvalue weighted by Gasteiger charge is -2.43. The molecule has 0 saturated heterocycles. The number of hydrogen-bond donors (Lipinski definition) is 1. The maximum Gasteiger partial charge on any atom is 0.349 e. The average Bonchev–Trinajstić information content (AvgIpc) is 2.45. The van der Waals surface area contributed by atoms with Crippen LogP contribution in [-0.4, -0.2) is 42.6 Å². The van der Waals surface area contributed by atoms with Crippen LogP contribution in [0, 0.1) is 0 Å². The second-order valence-corrected chi connectivity index (χ2v) is 17.6. The predicted octanol–water partition coefficient (Wildman–Crippen LogP) is 5.72. The standard InChI is InChI=1S/C19H45NO2Si2/c1-10-21-23(9,22-11-2)16-20-14-12-13-15-24(17(3)4,18(5)6)19(7)8/h17-20H,10-16H2,1-9H3. The molecule has 0 spiro atoms. The molecule has 1 N–H and O–H groups in total. The van der Waals surface area contributed by atoms with Gasteiger partial charge in [-0.25, -0.2) is 0 Å². The summed E-state index contributed by atoms with van der Waals surface area (Å²) in [5, 5.41) is 3.60. The van der Waals surface area contributed by atoms with Gasteiger partial charge < -0.3 is 14.2 Å². The minimum atomic E-state index is -2.00. The minimum absolute atomic E-state index is 0.746. The molecule has 0 bridgehead atoms. The lowest BCUT2D eigenvalue weighted by Crippen LogP contribution is -2.49. The lowest BCUT2D eigenvalue weighted by atomic mass is 10.3. The normalized spacial score (nSPS) is 13.5. The van der Waals surface area contributed by atoms with E-state index in [1.807, 2.05) is 0 Å². The minimum Gasteiger partial charge on any atom is -0.394 e. The fourth-order valence-corrected chi connectivity index (χ4v) is 13.4. The van der Waals surface area contributed by atoms with Crippen molar-refractivity contribution in [2.24, 2.45) is 0 Å². The monoisotopic (exact) mass is 375 g/mol. The largest absolute Gasteiger partial charge is 0.394 e. The van der Waals surface area contributed by atoms with E-state index < -0.39 is 16.6 Å². The average molecular weight is 376 g/mol. The highest BCUT2D eigenvalue weighted by Gasteiger charge is 2.41. The van der Waals surface area contributed by atoms with Gasteiger partial charge in [-0.05, 0) is 33.4 Å².